The van der Waals surface area contributed by atoms with Crippen LogP contribution in [-0.2, 0) is 11.2 Å². The zero-order valence-electron chi connectivity index (χ0n) is 9.10. The molecule has 2 N–H and O–H groups in total. The van der Waals surface area contributed by atoms with Gasteiger partial charge in [0.25, 0.3) is 0 Å². The molecule has 0 saturated heterocycles. The van der Waals surface area contributed by atoms with Gasteiger partial charge in [-0.15, -0.1) is 11.3 Å². The third kappa shape index (κ3) is 2.99. The summed E-state index contributed by atoms with van der Waals surface area (Å²) in [7, 11) is 0. The van der Waals surface area contributed by atoms with Crippen LogP contribution < -0.4 is 5.73 Å². The average Bonchev–Trinajstić information content (AvgIpc) is 2.84. The van der Waals surface area contributed by atoms with Gasteiger partial charge in [-0.25, -0.2) is 4.39 Å². The molecule has 1 unspecified atom stereocenters. The number of ketones is 1. The zero-order chi connectivity index (χ0) is 12.3. The summed E-state index contributed by atoms with van der Waals surface area (Å²) in [5, 5.41) is 1.89. The summed E-state index contributed by atoms with van der Waals surface area (Å²) in [5.41, 5.74) is 6.63. The molecule has 17 heavy (non-hydrogen) atoms. The maximum Gasteiger partial charge on any atom is 0.159 e. The normalized spacial score (nSPS) is 12.4. The molecule has 88 valence electrons. The van der Waals surface area contributed by atoms with Crippen LogP contribution in [0.3, 0.4) is 0 Å². The second-order valence-electron chi connectivity index (χ2n) is 3.76. The Morgan fingerprint density at radius 3 is 2.59 bits per heavy atom. The van der Waals surface area contributed by atoms with E-state index in [0.717, 1.165) is 10.4 Å². The van der Waals surface area contributed by atoms with Gasteiger partial charge in [-0.05, 0) is 29.1 Å². The molecule has 0 aliphatic heterocycles. The number of carbonyl (C=O) groups excluding carboxylic acids is 1. The second-order valence-corrected chi connectivity index (χ2v) is 4.74. The summed E-state index contributed by atoms with van der Waals surface area (Å²) in [6.07, 6.45) is 0.235. The highest BCUT2D eigenvalue weighted by Gasteiger charge is 2.16. The van der Waals surface area contributed by atoms with Crippen molar-refractivity contribution < 1.29 is 9.18 Å². The van der Waals surface area contributed by atoms with E-state index in [-0.39, 0.29) is 18.0 Å². The molecule has 0 fully saturated rings. The van der Waals surface area contributed by atoms with Crippen LogP contribution in [0.1, 0.15) is 16.5 Å². The third-order valence-electron chi connectivity index (χ3n) is 2.49. The first-order chi connectivity index (χ1) is 8.16. The van der Waals surface area contributed by atoms with Gasteiger partial charge in [0.1, 0.15) is 5.82 Å². The van der Waals surface area contributed by atoms with Gasteiger partial charge in [-0.3, -0.25) is 4.79 Å². The van der Waals surface area contributed by atoms with Crippen molar-refractivity contribution in [2.75, 3.05) is 0 Å². The minimum Gasteiger partial charge on any atom is -0.317 e. The lowest BCUT2D eigenvalue weighted by atomic mass is 10.0. The fraction of sp³-hybridized carbons (Fsp3) is 0.154. The standard InChI is InChI=1S/C13H12FNOS/c14-10-5-3-9(4-6-10)8-11(16)13(15)12-2-1-7-17-12/h1-7,13H,8,15H2. The molecule has 0 radical (unpaired) electrons. The number of Topliss-reactive ketones (excluding diaryl/α,β-unsaturated/α-hetero) is 1. The first kappa shape index (κ1) is 12.0. The molecule has 0 amide bonds. The van der Waals surface area contributed by atoms with Crippen molar-refractivity contribution in [3.8, 4) is 0 Å². The zero-order valence-corrected chi connectivity index (χ0v) is 9.91. The molecule has 1 heterocycles. The molecule has 0 aliphatic carbocycles. The van der Waals surface area contributed by atoms with Crippen LogP contribution in [-0.4, -0.2) is 5.78 Å². The molecule has 1 aromatic carbocycles. The predicted octanol–water partition coefficient (Wildman–Crippen LogP) is 2.70. The number of rotatable bonds is 4. The van der Waals surface area contributed by atoms with Crippen LogP contribution in [0.15, 0.2) is 41.8 Å². The maximum atomic E-state index is 12.7. The fourth-order valence-corrected chi connectivity index (χ4v) is 2.29. The maximum absolute atomic E-state index is 12.7. The van der Waals surface area contributed by atoms with Crippen molar-refractivity contribution in [2.45, 2.75) is 12.5 Å². The quantitative estimate of drug-likeness (QED) is 0.905. The van der Waals surface area contributed by atoms with Crippen molar-refractivity contribution in [3.63, 3.8) is 0 Å². The van der Waals surface area contributed by atoms with Crippen LogP contribution in [0.2, 0.25) is 0 Å². The van der Waals surface area contributed by atoms with Crippen molar-refractivity contribution in [2.24, 2.45) is 5.73 Å². The van der Waals surface area contributed by atoms with E-state index in [1.54, 1.807) is 12.1 Å². The Balaban J connectivity index is 2.04. The fourth-order valence-electron chi connectivity index (χ4n) is 1.54. The lowest BCUT2D eigenvalue weighted by Crippen LogP contribution is -2.22. The highest BCUT2D eigenvalue weighted by molar-refractivity contribution is 7.10. The van der Waals surface area contributed by atoms with Crippen LogP contribution in [0.25, 0.3) is 0 Å². The summed E-state index contributed by atoms with van der Waals surface area (Å²) < 4.78 is 12.7. The minimum atomic E-state index is -0.583. The van der Waals surface area contributed by atoms with Crippen LogP contribution in [0.5, 0.6) is 0 Å². The Morgan fingerprint density at radius 1 is 1.29 bits per heavy atom. The van der Waals surface area contributed by atoms with E-state index >= 15 is 0 Å². The van der Waals surface area contributed by atoms with E-state index in [9.17, 15) is 9.18 Å². The first-order valence-electron chi connectivity index (χ1n) is 5.23. The summed E-state index contributed by atoms with van der Waals surface area (Å²) in [6.45, 7) is 0. The number of thiophene rings is 1. The van der Waals surface area contributed by atoms with Crippen LogP contribution in [0, 0.1) is 5.82 Å². The summed E-state index contributed by atoms with van der Waals surface area (Å²) in [6, 6.07) is 9.03. The van der Waals surface area contributed by atoms with Crippen LogP contribution >= 0.6 is 11.3 Å². The molecule has 1 aromatic heterocycles. The molecule has 0 spiro atoms. The summed E-state index contributed by atoms with van der Waals surface area (Å²) in [4.78, 5) is 12.7. The number of benzene rings is 1. The van der Waals surface area contributed by atoms with E-state index in [2.05, 4.69) is 0 Å². The van der Waals surface area contributed by atoms with Gasteiger partial charge in [-0.1, -0.05) is 18.2 Å². The molecule has 2 rings (SSSR count). The Labute approximate surface area is 103 Å². The van der Waals surface area contributed by atoms with E-state index < -0.39 is 6.04 Å². The monoisotopic (exact) mass is 249 g/mol. The molecule has 2 nitrogen and oxygen atoms in total. The van der Waals surface area contributed by atoms with Crippen molar-refractivity contribution >= 4 is 17.1 Å². The van der Waals surface area contributed by atoms with Gasteiger partial charge in [0, 0.05) is 11.3 Å². The number of hydrogen-bond acceptors (Lipinski definition) is 3. The van der Waals surface area contributed by atoms with E-state index in [0.29, 0.717) is 0 Å². The Hall–Kier alpha value is -1.52. The van der Waals surface area contributed by atoms with Gasteiger partial charge in [-0.2, -0.15) is 0 Å². The van der Waals surface area contributed by atoms with E-state index in [4.69, 9.17) is 5.73 Å². The number of carbonyl (C=O) groups is 1. The molecule has 0 saturated carbocycles. The first-order valence-corrected chi connectivity index (χ1v) is 6.11. The third-order valence-corrected chi connectivity index (χ3v) is 3.44. The van der Waals surface area contributed by atoms with Gasteiger partial charge in [0.15, 0.2) is 5.78 Å². The minimum absolute atomic E-state index is 0.0564. The number of nitrogens with two attached hydrogens (primary N) is 1. The second kappa shape index (κ2) is 5.21. The largest absolute Gasteiger partial charge is 0.317 e. The Morgan fingerprint density at radius 2 is 2.00 bits per heavy atom. The molecular formula is C13H12FNOS. The average molecular weight is 249 g/mol. The number of halogens is 1. The van der Waals surface area contributed by atoms with Crippen molar-refractivity contribution in [1.82, 2.24) is 0 Å². The van der Waals surface area contributed by atoms with Gasteiger partial charge >= 0.3 is 0 Å². The SMILES string of the molecule is NC(C(=O)Cc1ccc(F)cc1)c1cccs1. The predicted molar refractivity (Wildman–Crippen MR) is 66.4 cm³/mol. The molecule has 0 bridgehead atoms. The van der Waals surface area contributed by atoms with Crippen molar-refractivity contribution in [3.05, 3.63) is 58.0 Å². The Kier molecular flexibility index (Phi) is 3.66. The van der Waals surface area contributed by atoms with Crippen LogP contribution in [0.4, 0.5) is 4.39 Å². The lowest BCUT2D eigenvalue weighted by molar-refractivity contribution is -0.119. The highest BCUT2D eigenvalue weighted by Crippen LogP contribution is 2.19. The van der Waals surface area contributed by atoms with Gasteiger partial charge in [0.2, 0.25) is 0 Å². The topological polar surface area (TPSA) is 43.1 Å². The summed E-state index contributed by atoms with van der Waals surface area (Å²) in [5.74, 6) is -0.359. The smallest absolute Gasteiger partial charge is 0.159 e. The Bertz CT molecular complexity index is 493. The molecule has 4 heteroatoms. The molecule has 0 aliphatic rings. The molecular weight excluding hydrogens is 237 g/mol. The van der Waals surface area contributed by atoms with Crippen molar-refractivity contribution in [1.29, 1.82) is 0 Å². The van der Waals surface area contributed by atoms with Gasteiger partial charge < -0.3 is 5.73 Å². The lowest BCUT2D eigenvalue weighted by Gasteiger charge is -2.08. The van der Waals surface area contributed by atoms with E-state index in [1.807, 2.05) is 17.5 Å². The highest BCUT2D eigenvalue weighted by atomic mass is 32.1. The molecule has 1 atom stereocenters. The molecule has 2 aromatic rings. The number of hydrogen-bond donors (Lipinski definition) is 1. The summed E-state index contributed by atoms with van der Waals surface area (Å²) >= 11 is 1.47. The van der Waals surface area contributed by atoms with E-state index in [1.165, 1.54) is 23.5 Å². The van der Waals surface area contributed by atoms with Gasteiger partial charge in [0.05, 0.1) is 6.04 Å².